The monoisotopic (exact) mass is 277 g/mol. The highest BCUT2D eigenvalue weighted by molar-refractivity contribution is 5.69. The average Bonchev–Trinajstić information content (AvgIpc) is 2.52. The van der Waals surface area contributed by atoms with E-state index in [1.807, 2.05) is 30.3 Å². The van der Waals surface area contributed by atoms with Crippen LogP contribution in [0.3, 0.4) is 0 Å². The van der Waals surface area contributed by atoms with E-state index < -0.39 is 0 Å². The SMILES string of the molecule is O=C(CCC1CCCCN1)OCCOc1ccccc1. The molecular formula is C16H23NO3. The fraction of sp³-hybridized carbons (Fsp3) is 0.562. The number of nitrogens with one attached hydrogen (secondary N) is 1. The smallest absolute Gasteiger partial charge is 0.305 e. The van der Waals surface area contributed by atoms with Gasteiger partial charge in [-0.15, -0.1) is 0 Å². The van der Waals surface area contributed by atoms with Crippen LogP contribution in [0.2, 0.25) is 0 Å². The van der Waals surface area contributed by atoms with Gasteiger partial charge >= 0.3 is 5.97 Å². The van der Waals surface area contributed by atoms with Gasteiger partial charge in [0, 0.05) is 12.5 Å². The van der Waals surface area contributed by atoms with E-state index in [2.05, 4.69) is 5.32 Å². The second-order valence-corrected chi connectivity index (χ2v) is 5.07. The fourth-order valence-corrected chi connectivity index (χ4v) is 2.37. The molecule has 4 heteroatoms. The van der Waals surface area contributed by atoms with Crippen LogP contribution in [0.5, 0.6) is 5.75 Å². The minimum atomic E-state index is -0.131. The molecule has 20 heavy (non-hydrogen) atoms. The number of benzene rings is 1. The van der Waals surface area contributed by atoms with Gasteiger partial charge in [0.2, 0.25) is 0 Å². The number of ether oxygens (including phenoxy) is 2. The first-order valence-electron chi connectivity index (χ1n) is 7.41. The molecule has 110 valence electrons. The number of carbonyl (C=O) groups excluding carboxylic acids is 1. The number of piperidine rings is 1. The lowest BCUT2D eigenvalue weighted by atomic mass is 10.0. The van der Waals surface area contributed by atoms with Gasteiger partial charge in [-0.25, -0.2) is 0 Å². The predicted octanol–water partition coefficient (Wildman–Crippen LogP) is 2.53. The molecule has 0 saturated carbocycles. The van der Waals surface area contributed by atoms with E-state index in [-0.39, 0.29) is 5.97 Å². The summed E-state index contributed by atoms with van der Waals surface area (Å²) in [7, 11) is 0. The Kier molecular flexibility index (Phi) is 6.38. The Bertz CT molecular complexity index is 388. The van der Waals surface area contributed by atoms with Crippen LogP contribution in [0.1, 0.15) is 32.1 Å². The molecule has 0 spiro atoms. The first-order chi connectivity index (χ1) is 9.84. The highest BCUT2D eigenvalue weighted by atomic mass is 16.6. The molecule has 1 aliphatic rings. The summed E-state index contributed by atoms with van der Waals surface area (Å²) in [5.41, 5.74) is 0. The van der Waals surface area contributed by atoms with Crippen molar-refractivity contribution in [2.75, 3.05) is 19.8 Å². The molecule has 1 atom stereocenters. The summed E-state index contributed by atoms with van der Waals surface area (Å²) in [5.74, 6) is 0.670. The summed E-state index contributed by atoms with van der Waals surface area (Å²) in [6.45, 7) is 1.79. The van der Waals surface area contributed by atoms with E-state index in [0.717, 1.165) is 18.7 Å². The molecule has 1 aromatic carbocycles. The van der Waals surface area contributed by atoms with Crippen LogP contribution in [0.15, 0.2) is 30.3 Å². The van der Waals surface area contributed by atoms with Gasteiger partial charge in [-0.05, 0) is 37.9 Å². The molecule has 1 unspecified atom stereocenters. The molecule has 1 N–H and O–H groups in total. The maximum atomic E-state index is 11.6. The van der Waals surface area contributed by atoms with Crippen molar-refractivity contribution in [3.05, 3.63) is 30.3 Å². The minimum Gasteiger partial charge on any atom is -0.490 e. The summed E-state index contributed by atoms with van der Waals surface area (Å²) in [6.07, 6.45) is 5.04. The largest absolute Gasteiger partial charge is 0.490 e. The lowest BCUT2D eigenvalue weighted by Gasteiger charge is -2.22. The van der Waals surface area contributed by atoms with E-state index in [9.17, 15) is 4.79 Å². The van der Waals surface area contributed by atoms with Gasteiger partial charge in [0.05, 0.1) is 0 Å². The zero-order valence-electron chi connectivity index (χ0n) is 11.8. The number of para-hydroxylation sites is 1. The highest BCUT2D eigenvalue weighted by Gasteiger charge is 2.14. The van der Waals surface area contributed by atoms with Crippen molar-refractivity contribution in [1.29, 1.82) is 0 Å². The third-order valence-electron chi connectivity index (χ3n) is 3.47. The molecule has 1 aliphatic heterocycles. The van der Waals surface area contributed by atoms with Crippen molar-refractivity contribution in [3.63, 3.8) is 0 Å². The molecule has 1 aromatic rings. The van der Waals surface area contributed by atoms with Crippen molar-refractivity contribution in [2.45, 2.75) is 38.1 Å². The van der Waals surface area contributed by atoms with Crippen LogP contribution in [-0.2, 0) is 9.53 Å². The van der Waals surface area contributed by atoms with Gasteiger partial charge in [-0.1, -0.05) is 24.6 Å². The third-order valence-corrected chi connectivity index (χ3v) is 3.47. The Labute approximate surface area is 120 Å². The Morgan fingerprint density at radius 2 is 2.05 bits per heavy atom. The standard InChI is InChI=1S/C16H23NO3/c18-16(10-9-14-6-4-5-11-17-14)20-13-12-19-15-7-2-1-3-8-15/h1-3,7-8,14,17H,4-6,9-13H2. The highest BCUT2D eigenvalue weighted by Crippen LogP contribution is 2.12. The molecule has 0 aromatic heterocycles. The van der Waals surface area contributed by atoms with Crippen molar-refractivity contribution in [2.24, 2.45) is 0 Å². The van der Waals surface area contributed by atoms with Crippen LogP contribution >= 0.6 is 0 Å². The van der Waals surface area contributed by atoms with Gasteiger partial charge in [0.15, 0.2) is 0 Å². The van der Waals surface area contributed by atoms with E-state index >= 15 is 0 Å². The molecule has 2 rings (SSSR count). The average molecular weight is 277 g/mol. The molecule has 1 heterocycles. The van der Waals surface area contributed by atoms with Crippen LogP contribution in [0.25, 0.3) is 0 Å². The molecule has 1 saturated heterocycles. The van der Waals surface area contributed by atoms with Gasteiger partial charge in [0.1, 0.15) is 19.0 Å². The summed E-state index contributed by atoms with van der Waals surface area (Å²) in [4.78, 5) is 11.6. The van der Waals surface area contributed by atoms with E-state index in [1.165, 1.54) is 19.3 Å². The molecule has 0 radical (unpaired) electrons. The van der Waals surface area contributed by atoms with Gasteiger partial charge in [0.25, 0.3) is 0 Å². The Morgan fingerprint density at radius 1 is 1.20 bits per heavy atom. The van der Waals surface area contributed by atoms with Crippen molar-refractivity contribution in [1.82, 2.24) is 5.32 Å². The number of rotatable bonds is 7. The fourth-order valence-electron chi connectivity index (χ4n) is 2.37. The van der Waals surface area contributed by atoms with E-state index in [1.54, 1.807) is 0 Å². The van der Waals surface area contributed by atoms with Crippen LogP contribution in [0.4, 0.5) is 0 Å². The van der Waals surface area contributed by atoms with Crippen molar-refractivity contribution < 1.29 is 14.3 Å². The zero-order valence-corrected chi connectivity index (χ0v) is 11.8. The topological polar surface area (TPSA) is 47.6 Å². The maximum Gasteiger partial charge on any atom is 0.305 e. The van der Waals surface area contributed by atoms with E-state index in [0.29, 0.717) is 25.7 Å². The van der Waals surface area contributed by atoms with Gasteiger partial charge < -0.3 is 14.8 Å². The second kappa shape index (κ2) is 8.59. The number of carbonyl (C=O) groups is 1. The third kappa shape index (κ3) is 5.61. The summed E-state index contributed by atoms with van der Waals surface area (Å²) < 4.78 is 10.6. The summed E-state index contributed by atoms with van der Waals surface area (Å²) in [5, 5.41) is 3.43. The van der Waals surface area contributed by atoms with Crippen LogP contribution in [0, 0.1) is 0 Å². The molecule has 0 bridgehead atoms. The summed E-state index contributed by atoms with van der Waals surface area (Å²) in [6, 6.07) is 10.0. The maximum absolute atomic E-state index is 11.6. The van der Waals surface area contributed by atoms with Crippen LogP contribution < -0.4 is 10.1 Å². The van der Waals surface area contributed by atoms with Gasteiger partial charge in [-0.3, -0.25) is 4.79 Å². The first-order valence-corrected chi connectivity index (χ1v) is 7.41. The molecule has 0 aliphatic carbocycles. The Morgan fingerprint density at radius 3 is 2.80 bits per heavy atom. The summed E-state index contributed by atoms with van der Waals surface area (Å²) >= 11 is 0. The second-order valence-electron chi connectivity index (χ2n) is 5.07. The molecular weight excluding hydrogens is 254 g/mol. The van der Waals surface area contributed by atoms with Crippen LogP contribution in [-0.4, -0.2) is 31.8 Å². The Hall–Kier alpha value is -1.55. The molecule has 1 fully saturated rings. The normalized spacial score (nSPS) is 18.5. The molecule has 4 nitrogen and oxygen atoms in total. The first kappa shape index (κ1) is 14.9. The number of hydrogen-bond acceptors (Lipinski definition) is 4. The number of hydrogen-bond donors (Lipinski definition) is 1. The van der Waals surface area contributed by atoms with Crippen molar-refractivity contribution >= 4 is 5.97 Å². The molecule has 0 amide bonds. The Balaban J connectivity index is 1.51. The van der Waals surface area contributed by atoms with E-state index in [4.69, 9.17) is 9.47 Å². The lowest BCUT2D eigenvalue weighted by molar-refractivity contribution is -0.144. The van der Waals surface area contributed by atoms with Crippen molar-refractivity contribution in [3.8, 4) is 5.75 Å². The number of esters is 1. The zero-order chi connectivity index (χ0) is 14.0. The van der Waals surface area contributed by atoms with Gasteiger partial charge in [-0.2, -0.15) is 0 Å². The predicted molar refractivity (Wildman–Crippen MR) is 77.8 cm³/mol. The minimum absolute atomic E-state index is 0.131. The lowest BCUT2D eigenvalue weighted by Crippen LogP contribution is -2.34. The quantitative estimate of drug-likeness (QED) is 0.614.